The highest BCUT2D eigenvalue weighted by Gasteiger charge is 2.20. The van der Waals surface area contributed by atoms with Crippen LogP contribution in [0.25, 0.3) is 28.1 Å². The van der Waals surface area contributed by atoms with Crippen LogP contribution in [0, 0.1) is 5.82 Å². The lowest BCUT2D eigenvalue weighted by atomic mass is 9.95. The first-order valence-corrected chi connectivity index (χ1v) is 9.89. The Morgan fingerprint density at radius 1 is 1.10 bits per heavy atom. The van der Waals surface area contributed by atoms with E-state index in [1.807, 2.05) is 0 Å². The number of fused-ring (bicyclic) bond motifs is 1. The molecule has 0 aliphatic heterocycles. The number of ketones is 1. The average molecular weight is 485 g/mol. The minimum atomic E-state index is -0.549. The third-order valence-electron chi connectivity index (χ3n) is 4.37. The van der Waals surface area contributed by atoms with Crippen LogP contribution < -0.4 is 5.56 Å². The van der Waals surface area contributed by atoms with E-state index in [9.17, 15) is 14.0 Å². The van der Waals surface area contributed by atoms with E-state index in [1.165, 1.54) is 24.4 Å². The SMILES string of the molecule is O=C(C=Cc1cncc(F)c1)c1c(-c2cncc(Br)c2)c2cc(Cl)ccc2[nH]c1=O. The first-order chi connectivity index (χ1) is 14.4. The maximum absolute atomic E-state index is 13.4. The van der Waals surface area contributed by atoms with Crippen LogP contribution in [-0.2, 0) is 0 Å². The van der Waals surface area contributed by atoms with Crippen molar-refractivity contribution in [2.24, 2.45) is 0 Å². The van der Waals surface area contributed by atoms with Gasteiger partial charge >= 0.3 is 0 Å². The molecule has 8 heteroatoms. The van der Waals surface area contributed by atoms with Gasteiger partial charge < -0.3 is 4.98 Å². The fraction of sp³-hybridized carbons (Fsp3) is 0. The van der Waals surface area contributed by atoms with E-state index in [4.69, 9.17) is 11.6 Å². The Kier molecular flexibility index (Phi) is 5.57. The third kappa shape index (κ3) is 4.08. The minimum absolute atomic E-state index is 0.0646. The molecule has 0 radical (unpaired) electrons. The number of hydrogen-bond donors (Lipinski definition) is 1. The van der Waals surface area contributed by atoms with Crippen LogP contribution in [0.2, 0.25) is 5.02 Å². The summed E-state index contributed by atoms with van der Waals surface area (Å²) in [4.78, 5) is 36.5. The minimum Gasteiger partial charge on any atom is -0.321 e. The van der Waals surface area contributed by atoms with E-state index in [-0.39, 0.29) is 5.56 Å². The Morgan fingerprint density at radius 3 is 2.67 bits per heavy atom. The highest BCUT2D eigenvalue weighted by Crippen LogP contribution is 2.32. The molecule has 4 aromatic rings. The van der Waals surface area contributed by atoms with E-state index >= 15 is 0 Å². The van der Waals surface area contributed by atoms with Crippen LogP contribution in [0.4, 0.5) is 4.39 Å². The Morgan fingerprint density at radius 2 is 1.90 bits per heavy atom. The van der Waals surface area contributed by atoms with Gasteiger partial charge in [-0.2, -0.15) is 0 Å². The molecule has 1 N–H and O–H groups in total. The summed E-state index contributed by atoms with van der Waals surface area (Å²) in [6.45, 7) is 0. The van der Waals surface area contributed by atoms with Crippen molar-refractivity contribution < 1.29 is 9.18 Å². The molecule has 3 heterocycles. The van der Waals surface area contributed by atoms with Gasteiger partial charge in [0.1, 0.15) is 5.82 Å². The second-order valence-electron chi connectivity index (χ2n) is 6.42. The number of carbonyl (C=O) groups is 1. The van der Waals surface area contributed by atoms with Gasteiger partial charge in [0.15, 0.2) is 5.78 Å². The lowest BCUT2D eigenvalue weighted by molar-refractivity contribution is 0.104. The van der Waals surface area contributed by atoms with Crippen LogP contribution in [0.5, 0.6) is 0 Å². The van der Waals surface area contributed by atoms with Crippen molar-refractivity contribution in [3.8, 4) is 11.1 Å². The van der Waals surface area contributed by atoms with Gasteiger partial charge in [0.05, 0.1) is 11.8 Å². The summed E-state index contributed by atoms with van der Waals surface area (Å²) in [5.74, 6) is -1.07. The third-order valence-corrected chi connectivity index (χ3v) is 5.04. The van der Waals surface area contributed by atoms with Crippen molar-refractivity contribution in [1.29, 1.82) is 0 Å². The Balaban J connectivity index is 1.94. The van der Waals surface area contributed by atoms with Crippen molar-refractivity contribution in [1.82, 2.24) is 15.0 Å². The zero-order chi connectivity index (χ0) is 21.3. The van der Waals surface area contributed by atoms with Gasteiger partial charge in [0, 0.05) is 50.1 Å². The molecular weight excluding hydrogens is 473 g/mol. The number of benzene rings is 1. The summed E-state index contributed by atoms with van der Waals surface area (Å²) in [5, 5.41) is 1.06. The first-order valence-electron chi connectivity index (χ1n) is 8.72. The van der Waals surface area contributed by atoms with Crippen molar-refractivity contribution >= 4 is 50.3 Å². The summed E-state index contributed by atoms with van der Waals surface area (Å²) in [7, 11) is 0. The molecule has 0 saturated heterocycles. The van der Waals surface area contributed by atoms with Gasteiger partial charge in [-0.05, 0) is 64.0 Å². The molecule has 0 fully saturated rings. The van der Waals surface area contributed by atoms with E-state index in [0.29, 0.717) is 37.1 Å². The molecule has 148 valence electrons. The summed E-state index contributed by atoms with van der Waals surface area (Å²) < 4.78 is 14.0. The van der Waals surface area contributed by atoms with Crippen LogP contribution in [0.15, 0.2) is 70.5 Å². The number of hydrogen-bond acceptors (Lipinski definition) is 4. The molecule has 0 amide bonds. The molecule has 0 saturated carbocycles. The molecule has 0 spiro atoms. The van der Waals surface area contributed by atoms with Gasteiger partial charge in [0.2, 0.25) is 0 Å². The zero-order valence-electron chi connectivity index (χ0n) is 15.2. The normalized spacial score (nSPS) is 11.3. The van der Waals surface area contributed by atoms with E-state index in [0.717, 1.165) is 6.20 Å². The molecule has 0 aliphatic rings. The Hall–Kier alpha value is -3.16. The molecule has 0 unspecified atom stereocenters. The number of rotatable bonds is 4. The molecule has 5 nitrogen and oxygen atoms in total. The quantitative estimate of drug-likeness (QED) is 0.309. The number of pyridine rings is 3. The van der Waals surface area contributed by atoms with E-state index in [1.54, 1.807) is 36.7 Å². The number of halogens is 3. The predicted molar refractivity (Wildman–Crippen MR) is 118 cm³/mol. The Bertz CT molecular complexity index is 1380. The summed E-state index contributed by atoms with van der Waals surface area (Å²) in [6, 6.07) is 8.01. The Labute approximate surface area is 183 Å². The largest absolute Gasteiger partial charge is 0.321 e. The number of aromatic nitrogens is 3. The topological polar surface area (TPSA) is 75.7 Å². The lowest BCUT2D eigenvalue weighted by Crippen LogP contribution is -2.18. The van der Waals surface area contributed by atoms with E-state index < -0.39 is 17.2 Å². The second kappa shape index (κ2) is 8.30. The summed E-state index contributed by atoms with van der Waals surface area (Å²) >= 11 is 9.55. The van der Waals surface area contributed by atoms with Crippen LogP contribution in [0.3, 0.4) is 0 Å². The van der Waals surface area contributed by atoms with Crippen LogP contribution in [0.1, 0.15) is 15.9 Å². The predicted octanol–water partition coefficient (Wildman–Crippen LogP) is 5.44. The standard InChI is InChI=1S/C22H12BrClFN3O2/c23-14-6-13(9-27-10-14)20-17-7-15(24)2-3-18(17)28-22(30)21(20)19(29)4-1-12-5-16(25)11-26-8-12/h1-11H,(H,28,30). The zero-order valence-corrected chi connectivity index (χ0v) is 17.5. The van der Waals surface area contributed by atoms with Crippen LogP contribution >= 0.6 is 27.5 Å². The molecule has 0 bridgehead atoms. The molecule has 0 atom stereocenters. The molecular formula is C22H12BrClFN3O2. The number of allylic oxidation sites excluding steroid dienone is 1. The molecule has 3 aromatic heterocycles. The smallest absolute Gasteiger partial charge is 0.260 e. The second-order valence-corrected chi connectivity index (χ2v) is 7.77. The van der Waals surface area contributed by atoms with Crippen molar-refractivity contribution in [3.05, 3.63) is 98.0 Å². The van der Waals surface area contributed by atoms with Crippen LogP contribution in [-0.4, -0.2) is 20.7 Å². The molecule has 30 heavy (non-hydrogen) atoms. The highest BCUT2D eigenvalue weighted by atomic mass is 79.9. The number of nitrogens with zero attached hydrogens (tertiary/aromatic N) is 2. The van der Waals surface area contributed by atoms with Gasteiger partial charge in [0.25, 0.3) is 5.56 Å². The van der Waals surface area contributed by atoms with Gasteiger partial charge in [-0.25, -0.2) is 4.39 Å². The highest BCUT2D eigenvalue weighted by molar-refractivity contribution is 9.10. The summed E-state index contributed by atoms with van der Waals surface area (Å²) in [5.41, 5.74) is 1.31. The van der Waals surface area contributed by atoms with Crippen molar-refractivity contribution in [2.45, 2.75) is 0 Å². The summed E-state index contributed by atoms with van der Waals surface area (Å²) in [6.07, 6.45) is 8.27. The number of carbonyl (C=O) groups excluding carboxylic acids is 1. The fourth-order valence-electron chi connectivity index (χ4n) is 3.12. The monoisotopic (exact) mass is 483 g/mol. The average Bonchev–Trinajstić information content (AvgIpc) is 2.71. The van der Waals surface area contributed by atoms with Crippen molar-refractivity contribution in [3.63, 3.8) is 0 Å². The molecule has 4 rings (SSSR count). The van der Waals surface area contributed by atoms with Gasteiger partial charge in [-0.3, -0.25) is 19.6 Å². The number of aromatic amines is 1. The van der Waals surface area contributed by atoms with Crippen molar-refractivity contribution in [2.75, 3.05) is 0 Å². The lowest BCUT2D eigenvalue weighted by Gasteiger charge is -2.12. The number of nitrogens with one attached hydrogen (secondary N) is 1. The number of H-pyrrole nitrogens is 1. The maximum Gasteiger partial charge on any atom is 0.260 e. The maximum atomic E-state index is 13.4. The first kappa shape index (κ1) is 20.1. The fourth-order valence-corrected chi connectivity index (χ4v) is 3.66. The van der Waals surface area contributed by atoms with E-state index in [2.05, 4.69) is 30.9 Å². The molecule has 1 aromatic carbocycles. The van der Waals surface area contributed by atoms with Gasteiger partial charge in [-0.15, -0.1) is 0 Å². The van der Waals surface area contributed by atoms with Gasteiger partial charge in [-0.1, -0.05) is 11.6 Å². The molecule has 0 aliphatic carbocycles.